The van der Waals surface area contributed by atoms with Crippen molar-refractivity contribution >= 4 is 5.71 Å². The normalized spacial score (nSPS) is 54.9. The molecular formula is C20H29NO3. The van der Waals surface area contributed by atoms with Gasteiger partial charge in [0.2, 0.25) is 0 Å². The molecule has 4 rings (SSSR count). The van der Waals surface area contributed by atoms with Gasteiger partial charge in [-0.05, 0) is 62.5 Å². The molecule has 0 aromatic rings. The Balaban J connectivity index is 1.73. The van der Waals surface area contributed by atoms with Crippen LogP contribution < -0.4 is 0 Å². The fourth-order valence-corrected chi connectivity index (χ4v) is 6.63. The summed E-state index contributed by atoms with van der Waals surface area (Å²) < 4.78 is 0. The zero-order valence-corrected chi connectivity index (χ0v) is 14.9. The van der Waals surface area contributed by atoms with Gasteiger partial charge in [-0.25, -0.2) is 0 Å². The van der Waals surface area contributed by atoms with Crippen LogP contribution in [0.25, 0.3) is 0 Å². The first kappa shape index (κ1) is 16.3. The lowest BCUT2D eigenvalue weighted by Crippen LogP contribution is -2.54. The topological polar surface area (TPSA) is 73.1 Å². The molecule has 3 saturated carbocycles. The number of hydrogen-bond donors (Lipinski definition) is 3. The first-order valence-corrected chi connectivity index (χ1v) is 9.26. The molecule has 132 valence electrons. The number of oxime groups is 1. The molecule has 0 aromatic heterocycles. The third kappa shape index (κ3) is 1.90. The van der Waals surface area contributed by atoms with Crippen LogP contribution in [0.15, 0.2) is 29.0 Å². The molecule has 4 aliphatic carbocycles. The van der Waals surface area contributed by atoms with Crippen LogP contribution >= 0.6 is 0 Å². The summed E-state index contributed by atoms with van der Waals surface area (Å²) in [6.45, 7) is 6.39. The maximum absolute atomic E-state index is 10.9. The second kappa shape index (κ2) is 4.95. The van der Waals surface area contributed by atoms with E-state index in [-0.39, 0.29) is 16.7 Å². The van der Waals surface area contributed by atoms with E-state index >= 15 is 0 Å². The van der Waals surface area contributed by atoms with Gasteiger partial charge in [0.05, 0.1) is 11.7 Å². The van der Waals surface area contributed by atoms with Gasteiger partial charge in [-0.3, -0.25) is 0 Å². The number of hydrogen-bond acceptors (Lipinski definition) is 4. The summed E-state index contributed by atoms with van der Waals surface area (Å²) in [5.74, 6) is 1.09. The first-order valence-electron chi connectivity index (χ1n) is 9.26. The van der Waals surface area contributed by atoms with Gasteiger partial charge >= 0.3 is 0 Å². The predicted molar refractivity (Wildman–Crippen MR) is 92.8 cm³/mol. The molecular weight excluding hydrogens is 302 g/mol. The van der Waals surface area contributed by atoms with E-state index in [2.05, 4.69) is 25.1 Å². The lowest BCUT2D eigenvalue weighted by atomic mass is 9.47. The highest BCUT2D eigenvalue weighted by molar-refractivity contribution is 6.05. The quantitative estimate of drug-likeness (QED) is 0.471. The molecule has 0 amide bonds. The number of allylic oxidation sites excluding steroid dienone is 4. The lowest BCUT2D eigenvalue weighted by Gasteiger charge is -2.58. The molecule has 0 aromatic carbocycles. The van der Waals surface area contributed by atoms with Crippen molar-refractivity contribution in [3.63, 3.8) is 0 Å². The molecule has 4 nitrogen and oxygen atoms in total. The number of rotatable bonds is 0. The Bertz CT molecular complexity index is 649. The van der Waals surface area contributed by atoms with Gasteiger partial charge < -0.3 is 15.4 Å². The molecule has 3 N–H and O–H groups in total. The summed E-state index contributed by atoms with van der Waals surface area (Å²) in [5, 5.41) is 34.2. The second-order valence-corrected chi connectivity index (χ2v) is 9.15. The van der Waals surface area contributed by atoms with Crippen molar-refractivity contribution in [1.29, 1.82) is 0 Å². The Morgan fingerprint density at radius 1 is 1.21 bits per heavy atom. The van der Waals surface area contributed by atoms with Crippen molar-refractivity contribution in [1.82, 2.24) is 0 Å². The smallest absolute Gasteiger partial charge is 0.102 e. The lowest BCUT2D eigenvalue weighted by molar-refractivity contribution is -0.119. The minimum atomic E-state index is -0.780. The molecule has 24 heavy (non-hydrogen) atoms. The number of aliphatic hydroxyl groups is 2. The first-order chi connectivity index (χ1) is 11.2. The zero-order chi connectivity index (χ0) is 17.3. The van der Waals surface area contributed by atoms with E-state index < -0.39 is 11.7 Å². The van der Waals surface area contributed by atoms with E-state index in [1.807, 2.05) is 19.1 Å². The average Bonchev–Trinajstić information content (AvgIpc) is 2.71. The van der Waals surface area contributed by atoms with Crippen molar-refractivity contribution in [2.45, 2.75) is 64.6 Å². The van der Waals surface area contributed by atoms with E-state index in [0.29, 0.717) is 24.0 Å². The van der Waals surface area contributed by atoms with Crippen LogP contribution in [-0.2, 0) is 0 Å². The van der Waals surface area contributed by atoms with E-state index in [9.17, 15) is 10.2 Å². The zero-order valence-electron chi connectivity index (χ0n) is 14.9. The molecule has 4 heteroatoms. The van der Waals surface area contributed by atoms with Crippen LogP contribution in [0, 0.1) is 28.6 Å². The Morgan fingerprint density at radius 3 is 2.67 bits per heavy atom. The molecule has 3 fully saturated rings. The van der Waals surface area contributed by atoms with Gasteiger partial charge in [-0.2, -0.15) is 0 Å². The molecule has 0 saturated heterocycles. The third-order valence-corrected chi connectivity index (χ3v) is 8.19. The highest BCUT2D eigenvalue weighted by atomic mass is 16.4. The molecule has 0 spiro atoms. The van der Waals surface area contributed by atoms with E-state index in [0.717, 1.165) is 25.7 Å². The van der Waals surface area contributed by atoms with Crippen molar-refractivity contribution in [2.75, 3.05) is 0 Å². The van der Waals surface area contributed by atoms with E-state index in [4.69, 9.17) is 5.21 Å². The van der Waals surface area contributed by atoms with E-state index in [1.165, 1.54) is 5.57 Å². The Labute approximate surface area is 144 Å². The molecule has 0 heterocycles. The molecule has 0 bridgehead atoms. The highest BCUT2D eigenvalue weighted by Gasteiger charge is 2.65. The molecule has 7 atom stereocenters. The van der Waals surface area contributed by atoms with Gasteiger partial charge in [0.25, 0.3) is 0 Å². The monoisotopic (exact) mass is 331 g/mol. The minimum absolute atomic E-state index is 0.0212. The standard InChI is InChI=1S/C20H29NO3/c1-18-8-6-13(21-24)10-12(18)4-5-14-15(18)7-9-19(2)17(14)16(22)11-20(19,3)23/h6,8,10,14-17,22-24H,4-5,7,9,11H2,1-3H3/b21-13+/t14-,15+,16+,17-,18+,19+,20+/m1/s1. The SMILES string of the molecule is C[C@]12C=C/C(=N\O)C=C1CC[C@H]1[C@@H]3[C@@H](O)C[C@](C)(O)[C@@]3(C)CC[C@@H]12. The van der Waals surface area contributed by atoms with Crippen LogP contribution in [-0.4, -0.2) is 32.8 Å². The maximum Gasteiger partial charge on any atom is 0.102 e. The molecule has 0 unspecified atom stereocenters. The Hall–Kier alpha value is -1.13. The Morgan fingerprint density at radius 2 is 1.96 bits per heavy atom. The summed E-state index contributed by atoms with van der Waals surface area (Å²) in [6, 6.07) is 0. The van der Waals surface area contributed by atoms with Crippen molar-refractivity contribution in [3.05, 3.63) is 23.8 Å². The Kier molecular flexibility index (Phi) is 3.37. The summed E-state index contributed by atoms with van der Waals surface area (Å²) in [6.07, 6.45) is 10.3. The average molecular weight is 331 g/mol. The second-order valence-electron chi connectivity index (χ2n) is 9.15. The van der Waals surface area contributed by atoms with Crippen LogP contribution in [0.4, 0.5) is 0 Å². The molecule has 4 aliphatic rings. The number of fused-ring (bicyclic) bond motifs is 5. The van der Waals surface area contributed by atoms with Crippen LogP contribution in [0.1, 0.15) is 52.9 Å². The number of aliphatic hydroxyl groups excluding tert-OH is 1. The van der Waals surface area contributed by atoms with Gasteiger partial charge in [0.1, 0.15) is 5.71 Å². The highest BCUT2D eigenvalue weighted by Crippen LogP contribution is 2.66. The van der Waals surface area contributed by atoms with E-state index in [1.54, 1.807) is 0 Å². The largest absolute Gasteiger partial charge is 0.410 e. The molecule has 0 aliphatic heterocycles. The third-order valence-electron chi connectivity index (χ3n) is 8.19. The maximum atomic E-state index is 10.9. The predicted octanol–water partition coefficient (Wildman–Crippen LogP) is 3.28. The molecule has 0 radical (unpaired) electrons. The summed E-state index contributed by atoms with van der Waals surface area (Å²) in [7, 11) is 0. The van der Waals surface area contributed by atoms with Crippen molar-refractivity contribution in [3.8, 4) is 0 Å². The minimum Gasteiger partial charge on any atom is -0.410 e. The summed E-state index contributed by atoms with van der Waals surface area (Å²) >= 11 is 0. The van der Waals surface area contributed by atoms with Crippen LogP contribution in [0.3, 0.4) is 0 Å². The van der Waals surface area contributed by atoms with Crippen molar-refractivity contribution < 1.29 is 15.4 Å². The number of nitrogens with zero attached hydrogens (tertiary/aromatic N) is 1. The fourth-order valence-electron chi connectivity index (χ4n) is 6.63. The van der Waals surface area contributed by atoms with Crippen LogP contribution in [0.5, 0.6) is 0 Å². The van der Waals surface area contributed by atoms with Crippen LogP contribution in [0.2, 0.25) is 0 Å². The summed E-state index contributed by atoms with van der Waals surface area (Å²) in [4.78, 5) is 0. The summed E-state index contributed by atoms with van der Waals surface area (Å²) in [5.41, 5.74) is 0.985. The van der Waals surface area contributed by atoms with Crippen molar-refractivity contribution in [2.24, 2.45) is 33.7 Å². The van der Waals surface area contributed by atoms with Gasteiger partial charge in [0.15, 0.2) is 0 Å². The fraction of sp³-hybridized carbons (Fsp3) is 0.750. The van der Waals surface area contributed by atoms with Gasteiger partial charge in [0, 0.05) is 17.3 Å². The van der Waals surface area contributed by atoms with Gasteiger partial charge in [-0.15, -0.1) is 0 Å². The van der Waals surface area contributed by atoms with Gasteiger partial charge in [-0.1, -0.05) is 30.7 Å².